The third-order valence-corrected chi connectivity index (χ3v) is 2.62. The van der Waals surface area contributed by atoms with E-state index in [0.29, 0.717) is 5.92 Å². The molecule has 0 aromatic carbocycles. The van der Waals surface area contributed by atoms with Crippen LogP contribution in [-0.2, 0) is 4.74 Å². The predicted molar refractivity (Wildman–Crippen MR) is 51.6 cm³/mol. The minimum absolute atomic E-state index is 0.189. The molecule has 0 saturated heterocycles. The van der Waals surface area contributed by atoms with E-state index in [1.807, 2.05) is 13.8 Å². The molecule has 0 aromatic rings. The molecular weight excluding hydrogens is 166 g/mol. The fourth-order valence-corrected chi connectivity index (χ4v) is 1.27. The average Bonchev–Trinajstić information content (AvgIpc) is 2.82. The number of carbonyl (C=O) groups excluding carboxylic acids is 1. The molecule has 1 rings (SSSR count). The van der Waals surface area contributed by atoms with Gasteiger partial charge in [-0.2, -0.15) is 0 Å². The number of hydrogen-bond acceptors (Lipinski definition) is 2. The molecule has 1 amide bonds. The highest BCUT2D eigenvalue weighted by molar-refractivity contribution is 5.68. The molecule has 0 aliphatic heterocycles. The summed E-state index contributed by atoms with van der Waals surface area (Å²) in [6.45, 7) is 6.14. The lowest BCUT2D eigenvalue weighted by molar-refractivity contribution is 0.129. The Balaban J connectivity index is 2.12. The second kappa shape index (κ2) is 4.49. The minimum atomic E-state index is -0.254. The largest absolute Gasteiger partial charge is 0.446 e. The standard InChI is InChI=1S/C10H19NO2/c1-4-7(3)11-10(12)13-9-6-8(9)5-2/h7-9H,4-6H2,1-3H3,(H,11,12). The summed E-state index contributed by atoms with van der Waals surface area (Å²) >= 11 is 0. The van der Waals surface area contributed by atoms with Crippen LogP contribution in [0.3, 0.4) is 0 Å². The van der Waals surface area contributed by atoms with Gasteiger partial charge in [-0.3, -0.25) is 0 Å². The minimum Gasteiger partial charge on any atom is -0.446 e. The Hall–Kier alpha value is -0.730. The van der Waals surface area contributed by atoms with E-state index in [1.54, 1.807) is 0 Å². The van der Waals surface area contributed by atoms with Crippen LogP contribution in [0, 0.1) is 5.92 Å². The van der Waals surface area contributed by atoms with E-state index < -0.39 is 0 Å². The number of ether oxygens (including phenoxy) is 1. The number of carbonyl (C=O) groups is 1. The first-order chi connectivity index (χ1) is 6.17. The molecule has 0 bridgehead atoms. The highest BCUT2D eigenvalue weighted by atomic mass is 16.6. The van der Waals surface area contributed by atoms with Gasteiger partial charge in [-0.15, -0.1) is 0 Å². The molecule has 3 unspecified atom stereocenters. The van der Waals surface area contributed by atoms with Crippen molar-refractivity contribution in [3.05, 3.63) is 0 Å². The fourth-order valence-electron chi connectivity index (χ4n) is 1.27. The summed E-state index contributed by atoms with van der Waals surface area (Å²) in [6, 6.07) is 0.214. The first-order valence-electron chi connectivity index (χ1n) is 5.14. The first kappa shape index (κ1) is 10.4. The molecule has 1 saturated carbocycles. The maximum atomic E-state index is 11.2. The van der Waals surface area contributed by atoms with Crippen LogP contribution in [0.1, 0.15) is 40.0 Å². The van der Waals surface area contributed by atoms with Crippen molar-refractivity contribution in [1.29, 1.82) is 0 Å². The van der Waals surface area contributed by atoms with Gasteiger partial charge in [0.15, 0.2) is 0 Å². The number of nitrogens with one attached hydrogen (secondary N) is 1. The van der Waals surface area contributed by atoms with Crippen molar-refractivity contribution in [3.8, 4) is 0 Å². The number of hydrogen-bond donors (Lipinski definition) is 1. The number of amides is 1. The normalized spacial score (nSPS) is 27.9. The maximum absolute atomic E-state index is 11.2. The van der Waals surface area contributed by atoms with Crippen LogP contribution < -0.4 is 5.32 Å². The van der Waals surface area contributed by atoms with E-state index in [9.17, 15) is 4.79 Å². The SMILES string of the molecule is CCC(C)NC(=O)OC1CC1CC. The monoisotopic (exact) mass is 185 g/mol. The summed E-state index contributed by atoms with van der Waals surface area (Å²) in [5.74, 6) is 0.614. The van der Waals surface area contributed by atoms with Gasteiger partial charge in [-0.05, 0) is 32.1 Å². The van der Waals surface area contributed by atoms with Gasteiger partial charge in [0.25, 0.3) is 0 Å². The van der Waals surface area contributed by atoms with E-state index in [4.69, 9.17) is 4.74 Å². The van der Waals surface area contributed by atoms with Crippen LogP contribution in [0.15, 0.2) is 0 Å². The quantitative estimate of drug-likeness (QED) is 0.730. The number of alkyl carbamates (subject to hydrolysis) is 1. The molecule has 3 heteroatoms. The van der Waals surface area contributed by atoms with Crippen LogP contribution in [0.5, 0.6) is 0 Å². The first-order valence-corrected chi connectivity index (χ1v) is 5.14. The van der Waals surface area contributed by atoms with Gasteiger partial charge in [0.1, 0.15) is 6.10 Å². The molecule has 0 heterocycles. The van der Waals surface area contributed by atoms with Crippen LogP contribution in [-0.4, -0.2) is 18.2 Å². The molecule has 3 nitrogen and oxygen atoms in total. The van der Waals surface area contributed by atoms with Crippen molar-refractivity contribution in [3.63, 3.8) is 0 Å². The van der Waals surface area contributed by atoms with Crippen molar-refractivity contribution >= 4 is 6.09 Å². The van der Waals surface area contributed by atoms with E-state index >= 15 is 0 Å². The molecule has 1 aliphatic carbocycles. The van der Waals surface area contributed by atoms with Crippen molar-refractivity contribution in [2.45, 2.75) is 52.2 Å². The van der Waals surface area contributed by atoms with Gasteiger partial charge >= 0.3 is 6.09 Å². The summed E-state index contributed by atoms with van der Waals surface area (Å²) in [5, 5.41) is 2.78. The number of rotatable bonds is 4. The summed E-state index contributed by atoms with van der Waals surface area (Å²) in [4.78, 5) is 11.2. The van der Waals surface area contributed by atoms with Gasteiger partial charge in [0, 0.05) is 6.04 Å². The Morgan fingerprint density at radius 3 is 2.77 bits per heavy atom. The van der Waals surface area contributed by atoms with Crippen LogP contribution in [0.4, 0.5) is 4.79 Å². The molecule has 0 radical (unpaired) electrons. The molecule has 1 fully saturated rings. The molecule has 1 N–H and O–H groups in total. The van der Waals surface area contributed by atoms with Crippen molar-refractivity contribution < 1.29 is 9.53 Å². The molecule has 3 atom stereocenters. The smallest absolute Gasteiger partial charge is 0.407 e. The Morgan fingerprint density at radius 2 is 2.31 bits per heavy atom. The zero-order valence-corrected chi connectivity index (χ0v) is 8.67. The van der Waals surface area contributed by atoms with Crippen molar-refractivity contribution in [2.75, 3.05) is 0 Å². The second-order valence-electron chi connectivity index (χ2n) is 3.80. The average molecular weight is 185 g/mol. The molecule has 1 aliphatic rings. The van der Waals surface area contributed by atoms with E-state index in [-0.39, 0.29) is 18.2 Å². The van der Waals surface area contributed by atoms with Gasteiger partial charge in [-0.25, -0.2) is 4.79 Å². The lowest BCUT2D eigenvalue weighted by atomic mass is 10.3. The Labute approximate surface area is 79.8 Å². The summed E-state index contributed by atoms with van der Waals surface area (Å²) in [7, 11) is 0. The highest BCUT2D eigenvalue weighted by Crippen LogP contribution is 2.36. The lowest BCUT2D eigenvalue weighted by Crippen LogP contribution is -2.33. The third-order valence-electron chi connectivity index (χ3n) is 2.62. The van der Waals surface area contributed by atoms with Gasteiger partial charge < -0.3 is 10.1 Å². The highest BCUT2D eigenvalue weighted by Gasteiger charge is 2.39. The molecular formula is C10H19NO2. The van der Waals surface area contributed by atoms with E-state index in [0.717, 1.165) is 19.3 Å². The Kier molecular flexibility index (Phi) is 3.58. The van der Waals surface area contributed by atoms with E-state index in [1.165, 1.54) is 0 Å². The summed E-state index contributed by atoms with van der Waals surface area (Å²) < 4.78 is 5.19. The van der Waals surface area contributed by atoms with Gasteiger partial charge in [0.2, 0.25) is 0 Å². The topological polar surface area (TPSA) is 38.3 Å². The maximum Gasteiger partial charge on any atom is 0.407 e. The third kappa shape index (κ3) is 3.25. The zero-order valence-electron chi connectivity index (χ0n) is 8.67. The second-order valence-corrected chi connectivity index (χ2v) is 3.80. The Bertz CT molecular complexity index is 182. The van der Waals surface area contributed by atoms with E-state index in [2.05, 4.69) is 12.2 Å². The zero-order chi connectivity index (χ0) is 9.84. The molecule has 0 aromatic heterocycles. The van der Waals surface area contributed by atoms with Gasteiger partial charge in [0.05, 0.1) is 0 Å². The Morgan fingerprint density at radius 1 is 1.62 bits per heavy atom. The summed E-state index contributed by atoms with van der Waals surface area (Å²) in [5.41, 5.74) is 0. The summed E-state index contributed by atoms with van der Waals surface area (Å²) in [6.07, 6.45) is 3.03. The molecule has 76 valence electrons. The molecule has 13 heavy (non-hydrogen) atoms. The van der Waals surface area contributed by atoms with Crippen molar-refractivity contribution in [1.82, 2.24) is 5.32 Å². The van der Waals surface area contributed by atoms with Gasteiger partial charge in [-0.1, -0.05) is 13.8 Å². The van der Waals surface area contributed by atoms with Crippen LogP contribution in [0.2, 0.25) is 0 Å². The lowest BCUT2D eigenvalue weighted by Gasteiger charge is -2.11. The molecule has 0 spiro atoms. The fraction of sp³-hybridized carbons (Fsp3) is 0.900. The van der Waals surface area contributed by atoms with Crippen LogP contribution >= 0.6 is 0 Å². The van der Waals surface area contributed by atoms with Crippen molar-refractivity contribution in [2.24, 2.45) is 5.92 Å². The predicted octanol–water partition coefficient (Wildman–Crippen LogP) is 2.31. The van der Waals surface area contributed by atoms with Crippen LogP contribution in [0.25, 0.3) is 0 Å².